The van der Waals surface area contributed by atoms with Gasteiger partial charge in [-0.3, -0.25) is 20.0 Å². The molecule has 0 fully saturated rings. The number of rotatable bonds is 5. The van der Waals surface area contributed by atoms with Crippen LogP contribution in [0.3, 0.4) is 0 Å². The third-order valence-corrected chi connectivity index (χ3v) is 2.90. The van der Waals surface area contributed by atoms with Gasteiger partial charge in [0.1, 0.15) is 0 Å². The fourth-order valence-corrected chi connectivity index (χ4v) is 1.77. The molecular weight excluding hydrogens is 260 g/mol. The summed E-state index contributed by atoms with van der Waals surface area (Å²) < 4.78 is 0. The summed E-state index contributed by atoms with van der Waals surface area (Å²) in [5.41, 5.74) is 1.69. The fraction of sp³-hybridized carbons (Fsp3) is 0.231. The largest absolute Gasteiger partial charge is 0.341 e. The molecule has 104 valence electrons. The second-order valence-corrected chi connectivity index (χ2v) is 4.46. The number of H-pyrrole nitrogens is 1. The Morgan fingerprint density at radius 1 is 1.35 bits per heavy atom. The number of amides is 1. The van der Waals surface area contributed by atoms with E-state index < -0.39 is 4.92 Å². The Morgan fingerprint density at radius 2 is 2.05 bits per heavy atom. The van der Waals surface area contributed by atoms with Gasteiger partial charge in [-0.15, -0.1) is 0 Å². The van der Waals surface area contributed by atoms with E-state index in [0.717, 1.165) is 11.1 Å². The van der Waals surface area contributed by atoms with Crippen LogP contribution in [0.2, 0.25) is 0 Å². The van der Waals surface area contributed by atoms with Crippen molar-refractivity contribution >= 4 is 11.6 Å². The van der Waals surface area contributed by atoms with Gasteiger partial charge >= 0.3 is 0 Å². The van der Waals surface area contributed by atoms with Crippen LogP contribution in [-0.2, 0) is 17.8 Å². The topological polar surface area (TPSA) is 92.1 Å². The maximum absolute atomic E-state index is 12.0. The van der Waals surface area contributed by atoms with Crippen LogP contribution in [0, 0.1) is 10.1 Å². The second kappa shape index (κ2) is 5.96. The first-order valence-corrected chi connectivity index (χ1v) is 6.01. The van der Waals surface area contributed by atoms with Crippen LogP contribution in [0.5, 0.6) is 0 Å². The Balaban J connectivity index is 1.95. The molecule has 7 nitrogen and oxygen atoms in total. The quantitative estimate of drug-likeness (QED) is 0.661. The molecule has 0 aliphatic rings. The summed E-state index contributed by atoms with van der Waals surface area (Å²) in [6, 6.07) is 6.00. The molecule has 0 unspecified atom stereocenters. The zero-order chi connectivity index (χ0) is 14.5. The Hall–Kier alpha value is -2.70. The van der Waals surface area contributed by atoms with E-state index in [4.69, 9.17) is 0 Å². The number of nitro benzene ring substituents is 1. The molecule has 1 heterocycles. The minimum absolute atomic E-state index is 0.0213. The SMILES string of the molecule is CN(Cc1cn[nH]c1)C(=O)Cc1ccc([N+](=O)[O-])cc1. The van der Waals surface area contributed by atoms with Crippen LogP contribution in [0.15, 0.2) is 36.7 Å². The van der Waals surface area contributed by atoms with Gasteiger partial charge in [0.15, 0.2) is 0 Å². The van der Waals surface area contributed by atoms with Gasteiger partial charge in [-0.2, -0.15) is 5.10 Å². The van der Waals surface area contributed by atoms with Crippen LogP contribution in [0.25, 0.3) is 0 Å². The lowest BCUT2D eigenvalue weighted by Gasteiger charge is -2.16. The predicted octanol–water partition coefficient (Wildman–Crippen LogP) is 1.52. The van der Waals surface area contributed by atoms with E-state index in [1.165, 1.54) is 12.1 Å². The zero-order valence-corrected chi connectivity index (χ0v) is 10.9. The van der Waals surface area contributed by atoms with Crippen molar-refractivity contribution in [2.75, 3.05) is 7.05 Å². The Labute approximate surface area is 115 Å². The lowest BCUT2D eigenvalue weighted by molar-refractivity contribution is -0.384. The highest BCUT2D eigenvalue weighted by Gasteiger charge is 2.12. The summed E-state index contributed by atoms with van der Waals surface area (Å²) in [7, 11) is 1.71. The van der Waals surface area contributed by atoms with Crippen molar-refractivity contribution in [1.82, 2.24) is 15.1 Å². The molecule has 1 N–H and O–H groups in total. The number of nitro groups is 1. The maximum atomic E-state index is 12.0. The van der Waals surface area contributed by atoms with E-state index >= 15 is 0 Å². The molecule has 1 amide bonds. The van der Waals surface area contributed by atoms with E-state index in [9.17, 15) is 14.9 Å². The van der Waals surface area contributed by atoms with Crippen molar-refractivity contribution in [3.63, 3.8) is 0 Å². The van der Waals surface area contributed by atoms with Gasteiger partial charge < -0.3 is 4.90 Å². The summed E-state index contributed by atoms with van der Waals surface area (Å²) in [5, 5.41) is 17.0. The molecule has 0 saturated carbocycles. The number of benzene rings is 1. The Morgan fingerprint density at radius 3 is 2.60 bits per heavy atom. The lowest BCUT2D eigenvalue weighted by atomic mass is 10.1. The van der Waals surface area contributed by atoms with E-state index in [1.807, 2.05) is 0 Å². The summed E-state index contributed by atoms with van der Waals surface area (Å²) in [5.74, 6) is -0.0555. The first kappa shape index (κ1) is 13.7. The molecule has 0 saturated heterocycles. The maximum Gasteiger partial charge on any atom is 0.269 e. The first-order valence-electron chi connectivity index (χ1n) is 6.01. The van der Waals surface area contributed by atoms with Gasteiger partial charge in [0.05, 0.1) is 17.5 Å². The molecule has 1 aromatic carbocycles. The van der Waals surface area contributed by atoms with Crippen molar-refractivity contribution in [1.29, 1.82) is 0 Å². The van der Waals surface area contributed by atoms with Gasteiger partial charge in [0.25, 0.3) is 5.69 Å². The molecule has 0 aliphatic heterocycles. The summed E-state index contributed by atoms with van der Waals surface area (Å²) in [6.45, 7) is 0.475. The average Bonchev–Trinajstić information content (AvgIpc) is 2.92. The molecule has 0 spiro atoms. The number of carbonyl (C=O) groups excluding carboxylic acids is 1. The summed E-state index contributed by atoms with van der Waals surface area (Å²) >= 11 is 0. The van der Waals surface area contributed by atoms with Crippen LogP contribution >= 0.6 is 0 Å². The van der Waals surface area contributed by atoms with Gasteiger partial charge in [-0.1, -0.05) is 12.1 Å². The average molecular weight is 274 g/mol. The van der Waals surface area contributed by atoms with Gasteiger partial charge in [0.2, 0.25) is 5.91 Å². The number of aromatic amines is 1. The first-order chi connectivity index (χ1) is 9.56. The molecular formula is C13H14N4O3. The highest BCUT2D eigenvalue weighted by atomic mass is 16.6. The van der Waals surface area contributed by atoms with E-state index in [2.05, 4.69) is 10.2 Å². The summed E-state index contributed by atoms with van der Waals surface area (Å²) in [4.78, 5) is 23.7. The number of hydrogen-bond acceptors (Lipinski definition) is 4. The number of nitrogens with zero attached hydrogens (tertiary/aromatic N) is 3. The lowest BCUT2D eigenvalue weighted by Crippen LogP contribution is -2.27. The van der Waals surface area contributed by atoms with Crippen molar-refractivity contribution < 1.29 is 9.72 Å². The van der Waals surface area contributed by atoms with Crippen molar-refractivity contribution in [2.45, 2.75) is 13.0 Å². The Bertz CT molecular complexity index is 593. The van der Waals surface area contributed by atoms with Crippen molar-refractivity contribution in [3.05, 3.63) is 57.9 Å². The van der Waals surface area contributed by atoms with Crippen LogP contribution in [0.1, 0.15) is 11.1 Å². The highest BCUT2D eigenvalue weighted by molar-refractivity contribution is 5.78. The predicted molar refractivity (Wildman–Crippen MR) is 71.9 cm³/mol. The molecule has 0 radical (unpaired) electrons. The molecule has 2 rings (SSSR count). The molecule has 2 aromatic rings. The number of nitrogens with one attached hydrogen (secondary N) is 1. The van der Waals surface area contributed by atoms with E-state index in [1.54, 1.807) is 36.5 Å². The molecule has 0 bridgehead atoms. The van der Waals surface area contributed by atoms with Crippen molar-refractivity contribution in [3.8, 4) is 0 Å². The Kier molecular flexibility index (Phi) is 4.09. The fourth-order valence-electron chi connectivity index (χ4n) is 1.77. The van der Waals surface area contributed by atoms with E-state index in [0.29, 0.717) is 6.54 Å². The zero-order valence-electron chi connectivity index (χ0n) is 10.9. The minimum atomic E-state index is -0.462. The van der Waals surface area contributed by atoms with Gasteiger partial charge in [0, 0.05) is 37.5 Å². The van der Waals surface area contributed by atoms with Crippen LogP contribution in [0.4, 0.5) is 5.69 Å². The molecule has 7 heteroatoms. The number of carbonyl (C=O) groups is 1. The monoisotopic (exact) mass is 274 g/mol. The van der Waals surface area contributed by atoms with Gasteiger partial charge in [-0.05, 0) is 5.56 Å². The molecule has 20 heavy (non-hydrogen) atoms. The highest BCUT2D eigenvalue weighted by Crippen LogP contribution is 2.13. The number of non-ortho nitro benzene ring substituents is 1. The number of hydrogen-bond donors (Lipinski definition) is 1. The third kappa shape index (κ3) is 3.41. The smallest absolute Gasteiger partial charge is 0.269 e. The number of likely N-dealkylation sites (N-methyl/N-ethyl adjacent to an activating group) is 1. The van der Waals surface area contributed by atoms with Crippen molar-refractivity contribution in [2.24, 2.45) is 0 Å². The number of aromatic nitrogens is 2. The summed E-state index contributed by atoms with van der Waals surface area (Å²) in [6.07, 6.45) is 3.61. The third-order valence-electron chi connectivity index (χ3n) is 2.90. The van der Waals surface area contributed by atoms with E-state index in [-0.39, 0.29) is 18.0 Å². The van der Waals surface area contributed by atoms with Crippen LogP contribution < -0.4 is 0 Å². The second-order valence-electron chi connectivity index (χ2n) is 4.46. The molecule has 1 aromatic heterocycles. The normalized spacial score (nSPS) is 10.2. The minimum Gasteiger partial charge on any atom is -0.341 e. The standard InChI is InChI=1S/C13H14N4O3/c1-16(9-11-7-14-15-8-11)13(18)6-10-2-4-12(5-3-10)17(19)20/h2-5,7-8H,6,9H2,1H3,(H,14,15). The molecule has 0 atom stereocenters. The van der Waals surface area contributed by atoms with Crippen LogP contribution in [-0.4, -0.2) is 33.0 Å². The molecule has 0 aliphatic carbocycles. The van der Waals surface area contributed by atoms with Gasteiger partial charge in [-0.25, -0.2) is 0 Å².